The molecular weight excluding hydrogens is 1580 g/mol. The van der Waals surface area contributed by atoms with Crippen molar-refractivity contribution in [1.82, 2.24) is 49.5 Å². The number of nitrogens with one attached hydrogen (secondary N) is 5. The Labute approximate surface area is 704 Å². The number of nitrogen functional groups attached to an aromatic ring is 3. The number of nitrogens with zero attached hydrogens (tertiary/aromatic N) is 9. The van der Waals surface area contributed by atoms with E-state index in [1.807, 2.05) is 69.3 Å². The molecule has 0 spiro atoms. The molecule has 9 rings (SSSR count). The van der Waals surface area contributed by atoms with Gasteiger partial charge < -0.3 is 64.0 Å². The second-order valence-electron chi connectivity index (χ2n) is 26.0. The molecule has 0 aliphatic rings. The van der Waals surface area contributed by atoms with Gasteiger partial charge >= 0.3 is 5.97 Å². The summed E-state index contributed by atoms with van der Waals surface area (Å²) in [5, 5.41) is 27.5. The van der Waals surface area contributed by atoms with E-state index in [2.05, 4.69) is 159 Å². The Bertz CT molecular complexity index is 4400. The van der Waals surface area contributed by atoms with Crippen molar-refractivity contribution in [3.8, 4) is 0 Å². The first-order valence-corrected chi connectivity index (χ1v) is 40.1. The van der Waals surface area contributed by atoms with Gasteiger partial charge in [0.15, 0.2) is 5.29 Å². The lowest BCUT2D eigenvalue weighted by atomic mass is 10.1. The van der Waals surface area contributed by atoms with Gasteiger partial charge in [0.2, 0.25) is 17.8 Å². The predicted molar refractivity (Wildman–Crippen MR) is 483 cm³/mol. The Morgan fingerprint density at radius 1 is 0.531 bits per heavy atom. The first-order chi connectivity index (χ1) is 53.2. The summed E-state index contributed by atoms with van der Waals surface area (Å²) >= 11 is 33.0. The number of benzene rings is 6. The van der Waals surface area contributed by atoms with Crippen LogP contribution >= 0.6 is 82.0 Å². The van der Waals surface area contributed by atoms with Crippen molar-refractivity contribution in [1.29, 1.82) is 5.41 Å². The molecule has 6 aromatic carbocycles. The molecule has 3 heterocycles. The molecule has 16 N–H and O–H groups in total. The zero-order chi connectivity index (χ0) is 84.2. The fraction of sp³-hybridized carbons (Fsp3) is 0.439. The van der Waals surface area contributed by atoms with Crippen LogP contribution < -0.4 is 50.2 Å². The minimum atomic E-state index is -0.980. The first kappa shape index (κ1) is 103. The van der Waals surface area contributed by atoms with Gasteiger partial charge in [-0.1, -0.05) is 157 Å². The first-order valence-electron chi connectivity index (χ1n) is 37.9. The Kier molecular flexibility index (Phi) is 51.4. The van der Waals surface area contributed by atoms with E-state index in [1.54, 1.807) is 37.3 Å². The largest absolute Gasteiger partial charge is 0.478 e. The standard InChI is InChI=1S/C24H29Cl2N5O.C18H29N5.C9H9N3O.C9H22N2.C8H9NO2.C7H3Cl3O.C6H15N.CH3ClN2.ClH/c1-4-31(5-2)14-7-6-13-27-22-18-10-8-9-16(3)21(18)28-24(29-22)30-23(32)17-11-12-19(25)20(26)15-17;1-5-23(6-2)12-8-10-14(4)20-17-15-11-7-9-13(3)16(15)21-18(19)22-17;1-5-3-2-4-6-7(5)11-9(10)12-8(6)13;1-4-11(5-2)8-6-7-9(3)10;1-5-3-2-4-6(7(5)9)8(10)11;8-5-2-1-4(7(10)11)3-6(5)9;1-4-7(5-2)6-3;2-1(3)4;/h8-12,15H,4-7,13-14H2,1-3H3,(H2,27,28,29,30,32);7,9,11,14H,5-6,8,10,12H2,1-4H3,(H3,19,20,21,22);2-4H,1H3,(H3,10,11,12,13);9H,4-8,10H2,1-3H3;2-4H,9H2,1H3,(H,10,11);1-3H;4-6H2,1-3H3;(H3,3,4);1H. The fourth-order valence-corrected chi connectivity index (χ4v) is 11.8. The van der Waals surface area contributed by atoms with E-state index in [1.165, 1.54) is 69.4 Å². The summed E-state index contributed by atoms with van der Waals surface area (Å²) < 4.78 is 0. The number of rotatable bonds is 29. The summed E-state index contributed by atoms with van der Waals surface area (Å²) in [5.74, 6) is 0.954. The van der Waals surface area contributed by atoms with Gasteiger partial charge in [-0.05, 0) is 265 Å². The molecule has 2 unspecified atom stereocenters. The number of fused-ring (bicyclic) bond motifs is 3. The number of hydrogen-bond acceptors (Lipinski definition) is 20. The molecule has 622 valence electrons. The summed E-state index contributed by atoms with van der Waals surface area (Å²) in [6, 6.07) is 32.4. The molecule has 0 bridgehead atoms. The van der Waals surface area contributed by atoms with Crippen LogP contribution in [0, 0.1) is 33.1 Å². The third-order valence-corrected chi connectivity index (χ3v) is 19.5. The maximum atomic E-state index is 12.7. The number of halogens is 7. The number of para-hydroxylation sites is 4. The topological polar surface area (TPSA) is 372 Å². The van der Waals surface area contributed by atoms with E-state index in [0.29, 0.717) is 71.7 Å². The summed E-state index contributed by atoms with van der Waals surface area (Å²) in [5.41, 5.74) is 34.3. The molecule has 9 aromatic rings. The Morgan fingerprint density at radius 3 is 1.41 bits per heavy atom. The molecule has 1 amide bonds. The van der Waals surface area contributed by atoms with Gasteiger partial charge in [-0.2, -0.15) is 9.97 Å². The summed E-state index contributed by atoms with van der Waals surface area (Å²) in [4.78, 5) is 79.3. The number of carboxylic acid groups (broad SMARTS) is 1. The van der Waals surface area contributed by atoms with E-state index in [4.69, 9.17) is 91.5 Å². The van der Waals surface area contributed by atoms with Crippen molar-refractivity contribution in [2.24, 2.45) is 11.5 Å². The second kappa shape index (κ2) is 56.3. The number of carboxylic acids is 1. The van der Waals surface area contributed by atoms with E-state index >= 15 is 0 Å². The molecule has 0 radical (unpaired) electrons. The van der Waals surface area contributed by atoms with Crippen molar-refractivity contribution < 1.29 is 19.5 Å². The SMILES string of the molecule is CCN(CC)CC.CCN(CC)CCCC(C)N.CCN(CC)CCCC(C)Nc1nc(N)nc2c(C)cccc12.CCN(CC)CCCCNc1nc(NC(=O)c2ccc(Cl)c(Cl)c2)nc2c(C)cccc12.Cc1cccc(C(=O)O)c1N.Cc1cccc2c(=O)[nH]c(N)nc12.Cl.N=C(N)Cl.O=C(Cl)c1ccc(Cl)c(Cl)c1. The van der Waals surface area contributed by atoms with Crippen molar-refractivity contribution in [2.75, 3.05) is 118 Å². The lowest BCUT2D eigenvalue weighted by molar-refractivity contribution is 0.0697. The minimum absolute atomic E-state index is 0. The van der Waals surface area contributed by atoms with Gasteiger partial charge in [0.05, 0.1) is 47.6 Å². The van der Waals surface area contributed by atoms with Crippen LogP contribution in [0.3, 0.4) is 0 Å². The smallest absolute Gasteiger partial charge is 0.337 e. The number of unbranched alkanes of at least 4 members (excludes halogenated alkanes) is 1. The molecule has 31 heteroatoms. The zero-order valence-corrected chi connectivity index (χ0v) is 73.5. The summed E-state index contributed by atoms with van der Waals surface area (Å²) in [6.07, 6.45) is 6.80. The highest BCUT2D eigenvalue weighted by atomic mass is 35.5. The third kappa shape index (κ3) is 38.4. The van der Waals surface area contributed by atoms with Gasteiger partial charge in [-0.25, -0.2) is 19.7 Å². The fourth-order valence-electron chi connectivity index (χ4n) is 11.0. The lowest BCUT2D eigenvalue weighted by Crippen LogP contribution is -2.25. The van der Waals surface area contributed by atoms with E-state index in [-0.39, 0.29) is 46.6 Å². The number of amidine groups is 1. The number of aryl methyl sites for hydroxylation is 4. The van der Waals surface area contributed by atoms with Crippen molar-refractivity contribution in [2.45, 2.75) is 154 Å². The molecule has 0 fully saturated rings. The molecule has 0 saturated heterocycles. The maximum Gasteiger partial charge on any atom is 0.337 e. The third-order valence-electron chi connectivity index (χ3n) is 17.8. The summed E-state index contributed by atoms with van der Waals surface area (Å²) in [6.45, 7) is 46.2. The van der Waals surface area contributed by atoms with E-state index in [9.17, 15) is 19.2 Å². The lowest BCUT2D eigenvalue weighted by Gasteiger charge is -2.20. The molecule has 3 aromatic heterocycles. The van der Waals surface area contributed by atoms with Gasteiger partial charge in [0, 0.05) is 46.2 Å². The van der Waals surface area contributed by atoms with E-state index in [0.717, 1.165) is 134 Å². The highest BCUT2D eigenvalue weighted by Crippen LogP contribution is 2.29. The molecule has 2 atom stereocenters. The average Bonchev–Trinajstić information content (AvgIpc) is 0.806. The van der Waals surface area contributed by atoms with Crippen LogP contribution in [0.2, 0.25) is 20.1 Å². The van der Waals surface area contributed by atoms with Gasteiger partial charge in [0.1, 0.15) is 11.6 Å². The maximum absolute atomic E-state index is 12.7. The van der Waals surface area contributed by atoms with Crippen molar-refractivity contribution in [3.05, 3.63) is 179 Å². The minimum Gasteiger partial charge on any atom is -0.478 e. The monoisotopic (exact) mass is 1700 g/mol. The molecule has 0 saturated carbocycles. The van der Waals surface area contributed by atoms with Crippen molar-refractivity contribution in [3.63, 3.8) is 0 Å². The number of carbonyl (C=O) groups is 3. The van der Waals surface area contributed by atoms with Crippen LogP contribution in [0.4, 0.5) is 35.2 Å². The Balaban J connectivity index is 0.000000692. The average molecular weight is 1700 g/mol. The molecular formula is C82H120Cl7N19O5. The highest BCUT2D eigenvalue weighted by molar-refractivity contribution is 6.68. The Hall–Kier alpha value is -7.95. The number of nitrogens with two attached hydrogens (primary N) is 5. The molecule has 24 nitrogen and oxygen atoms in total. The van der Waals surface area contributed by atoms with Crippen LogP contribution in [-0.4, -0.2) is 174 Å². The predicted octanol–water partition coefficient (Wildman–Crippen LogP) is 18.3. The number of H-pyrrole nitrogens is 1. The number of aromatic carboxylic acids is 1. The zero-order valence-electron chi connectivity index (χ0n) is 68.1. The number of hydrogen-bond donors (Lipinski definition) is 11. The van der Waals surface area contributed by atoms with Crippen LogP contribution in [0.5, 0.6) is 0 Å². The van der Waals surface area contributed by atoms with Crippen LogP contribution in [-0.2, 0) is 0 Å². The number of aromatic nitrogens is 6. The van der Waals surface area contributed by atoms with Gasteiger partial charge in [-0.15, -0.1) is 12.4 Å². The van der Waals surface area contributed by atoms with Crippen LogP contribution in [0.25, 0.3) is 32.7 Å². The van der Waals surface area contributed by atoms with E-state index < -0.39 is 11.2 Å². The summed E-state index contributed by atoms with van der Waals surface area (Å²) in [7, 11) is 0. The van der Waals surface area contributed by atoms with Gasteiger partial charge in [0.25, 0.3) is 16.7 Å². The molecule has 0 aliphatic carbocycles. The number of anilines is 6. The van der Waals surface area contributed by atoms with Gasteiger partial charge in [-0.3, -0.25) is 30.1 Å². The Morgan fingerprint density at radius 2 is 0.956 bits per heavy atom. The normalized spacial score (nSPS) is 11.1. The molecule has 0 aliphatic heterocycles. The highest BCUT2D eigenvalue weighted by Gasteiger charge is 2.17. The van der Waals surface area contributed by atoms with Crippen LogP contribution in [0.15, 0.2) is 114 Å². The van der Waals surface area contributed by atoms with Crippen LogP contribution in [0.1, 0.15) is 168 Å². The number of aromatic amines is 1. The quantitative estimate of drug-likeness (QED) is 0.00518. The second-order valence-corrected chi connectivity index (χ2v) is 28.4. The molecule has 113 heavy (non-hydrogen) atoms. The van der Waals surface area contributed by atoms with Crippen molar-refractivity contribution >= 4 is 172 Å². The number of amides is 1. The number of carbonyl (C=O) groups excluding carboxylic acids is 2.